The molecule has 0 aliphatic rings. The number of hydrogen-bond donors (Lipinski definition) is 1. The molecule has 0 heterocycles. The van der Waals surface area contributed by atoms with E-state index in [2.05, 4.69) is 0 Å². The van der Waals surface area contributed by atoms with E-state index in [0.29, 0.717) is 24.3 Å². The molecule has 0 amide bonds. The molecule has 0 spiro atoms. The second-order valence-electron chi connectivity index (χ2n) is 4.84. The van der Waals surface area contributed by atoms with Crippen molar-refractivity contribution in [2.45, 2.75) is 13.0 Å². The Morgan fingerprint density at radius 3 is 2.65 bits per heavy atom. The Morgan fingerprint density at radius 1 is 1.22 bits per heavy atom. The lowest BCUT2D eigenvalue weighted by atomic mass is 10.1. The van der Waals surface area contributed by atoms with Crippen molar-refractivity contribution >= 4 is 5.69 Å². The zero-order valence-electron chi connectivity index (χ0n) is 12.6. The van der Waals surface area contributed by atoms with Crippen LogP contribution >= 0.6 is 0 Å². The van der Waals surface area contributed by atoms with Crippen molar-refractivity contribution in [3.8, 4) is 11.5 Å². The van der Waals surface area contributed by atoms with Crippen LogP contribution in [0.1, 0.15) is 11.1 Å². The number of nitro benzene ring substituents is 1. The summed E-state index contributed by atoms with van der Waals surface area (Å²) in [7, 11) is 1.52. The summed E-state index contributed by atoms with van der Waals surface area (Å²) in [5.74, 6) is -0.138. The summed E-state index contributed by atoms with van der Waals surface area (Å²) in [5, 5.41) is 11.0. The van der Waals surface area contributed by atoms with Crippen LogP contribution in [0.5, 0.6) is 11.5 Å². The van der Waals surface area contributed by atoms with E-state index in [1.165, 1.54) is 7.11 Å². The zero-order valence-corrected chi connectivity index (χ0v) is 12.6. The Morgan fingerprint density at radius 2 is 2.00 bits per heavy atom. The van der Waals surface area contributed by atoms with Crippen molar-refractivity contribution in [1.82, 2.24) is 0 Å². The zero-order chi connectivity index (χ0) is 16.8. The van der Waals surface area contributed by atoms with E-state index >= 15 is 0 Å². The Bertz CT molecular complexity index is 706. The molecule has 2 aromatic carbocycles. The standard InChI is InChI=1S/C16H17FN2O4/c1-22-15-5-2-11(6-7-18)8-12(15)10-23-16-9-13(17)3-4-14(16)19(20)21/h2-5,8-9H,6-7,10,18H2,1H3. The topological polar surface area (TPSA) is 87.6 Å². The summed E-state index contributed by atoms with van der Waals surface area (Å²) in [6.45, 7) is 0.522. The molecule has 0 saturated heterocycles. The van der Waals surface area contributed by atoms with Crippen molar-refractivity contribution in [2.75, 3.05) is 13.7 Å². The Kier molecular flexibility index (Phi) is 5.48. The second-order valence-corrected chi connectivity index (χ2v) is 4.84. The van der Waals surface area contributed by atoms with Gasteiger partial charge in [0, 0.05) is 17.7 Å². The van der Waals surface area contributed by atoms with Crippen molar-refractivity contribution in [3.05, 3.63) is 63.5 Å². The monoisotopic (exact) mass is 320 g/mol. The average Bonchev–Trinajstić information content (AvgIpc) is 2.53. The van der Waals surface area contributed by atoms with Crippen LogP contribution in [0.15, 0.2) is 36.4 Å². The van der Waals surface area contributed by atoms with Gasteiger partial charge in [-0.2, -0.15) is 0 Å². The summed E-state index contributed by atoms with van der Waals surface area (Å²) in [6, 6.07) is 8.62. The number of nitro groups is 1. The van der Waals surface area contributed by atoms with Crippen LogP contribution in [-0.4, -0.2) is 18.6 Å². The van der Waals surface area contributed by atoms with E-state index in [0.717, 1.165) is 23.8 Å². The fourth-order valence-corrected chi connectivity index (χ4v) is 2.18. The van der Waals surface area contributed by atoms with Gasteiger partial charge in [-0.3, -0.25) is 10.1 Å². The van der Waals surface area contributed by atoms with Crippen LogP contribution in [0.2, 0.25) is 0 Å². The van der Waals surface area contributed by atoms with Gasteiger partial charge in [0.15, 0.2) is 5.75 Å². The molecule has 2 N–H and O–H groups in total. The van der Waals surface area contributed by atoms with E-state index in [1.54, 1.807) is 6.07 Å². The molecule has 2 aromatic rings. The molecule has 0 aliphatic carbocycles. The number of methoxy groups -OCH3 is 1. The highest BCUT2D eigenvalue weighted by molar-refractivity contribution is 5.46. The molecule has 0 fully saturated rings. The lowest BCUT2D eigenvalue weighted by molar-refractivity contribution is -0.386. The molecule has 6 nitrogen and oxygen atoms in total. The first-order valence-electron chi connectivity index (χ1n) is 6.97. The molecular formula is C16H17FN2O4. The Labute approximate surface area is 132 Å². The maximum Gasteiger partial charge on any atom is 0.311 e. The number of hydrogen-bond acceptors (Lipinski definition) is 5. The number of benzene rings is 2. The second kappa shape index (κ2) is 7.55. The molecule has 7 heteroatoms. The van der Waals surface area contributed by atoms with Crippen LogP contribution in [-0.2, 0) is 13.0 Å². The molecule has 23 heavy (non-hydrogen) atoms. The summed E-state index contributed by atoms with van der Waals surface area (Å²) in [4.78, 5) is 10.4. The maximum atomic E-state index is 13.3. The lowest BCUT2D eigenvalue weighted by Gasteiger charge is -2.12. The fourth-order valence-electron chi connectivity index (χ4n) is 2.18. The molecule has 0 unspecified atom stereocenters. The van der Waals surface area contributed by atoms with Gasteiger partial charge < -0.3 is 15.2 Å². The largest absolute Gasteiger partial charge is 0.496 e. The van der Waals surface area contributed by atoms with Crippen LogP contribution < -0.4 is 15.2 Å². The lowest BCUT2D eigenvalue weighted by Crippen LogP contribution is -2.05. The fraction of sp³-hybridized carbons (Fsp3) is 0.250. The third-order valence-electron chi connectivity index (χ3n) is 3.28. The highest BCUT2D eigenvalue weighted by Gasteiger charge is 2.16. The predicted octanol–water partition coefficient (Wildman–Crippen LogP) is 2.82. The van der Waals surface area contributed by atoms with Gasteiger partial charge in [-0.25, -0.2) is 4.39 Å². The van der Waals surface area contributed by atoms with Gasteiger partial charge >= 0.3 is 5.69 Å². The molecule has 0 aliphatic heterocycles. The normalized spacial score (nSPS) is 10.4. The first-order valence-corrected chi connectivity index (χ1v) is 6.97. The molecule has 0 aromatic heterocycles. The summed E-state index contributed by atoms with van der Waals surface area (Å²) in [6.07, 6.45) is 0.692. The maximum absolute atomic E-state index is 13.3. The van der Waals surface area contributed by atoms with Gasteiger partial charge in [-0.15, -0.1) is 0 Å². The number of rotatable bonds is 7. The van der Waals surface area contributed by atoms with Crippen molar-refractivity contribution in [2.24, 2.45) is 5.73 Å². The van der Waals surface area contributed by atoms with Crippen LogP contribution in [0.4, 0.5) is 10.1 Å². The SMILES string of the molecule is COc1ccc(CCN)cc1COc1cc(F)ccc1[N+](=O)[O-]. The third kappa shape index (κ3) is 4.17. The van der Waals surface area contributed by atoms with E-state index in [1.807, 2.05) is 12.1 Å². The van der Waals surface area contributed by atoms with Crippen molar-refractivity contribution in [1.29, 1.82) is 0 Å². The minimum Gasteiger partial charge on any atom is -0.496 e. The van der Waals surface area contributed by atoms with Crippen LogP contribution in [0.3, 0.4) is 0 Å². The Balaban J connectivity index is 2.25. The van der Waals surface area contributed by atoms with Gasteiger partial charge in [-0.1, -0.05) is 6.07 Å². The highest BCUT2D eigenvalue weighted by Crippen LogP contribution is 2.29. The summed E-state index contributed by atoms with van der Waals surface area (Å²) in [5.41, 5.74) is 6.95. The highest BCUT2D eigenvalue weighted by atomic mass is 19.1. The van der Waals surface area contributed by atoms with E-state index < -0.39 is 10.7 Å². The molecule has 122 valence electrons. The number of halogens is 1. The minimum absolute atomic E-state index is 0.0197. The minimum atomic E-state index is -0.614. The average molecular weight is 320 g/mol. The van der Waals surface area contributed by atoms with E-state index in [-0.39, 0.29) is 18.0 Å². The van der Waals surface area contributed by atoms with Gasteiger partial charge in [-0.05, 0) is 36.7 Å². The smallest absolute Gasteiger partial charge is 0.311 e. The molecule has 0 bridgehead atoms. The molecular weight excluding hydrogens is 303 g/mol. The van der Waals surface area contributed by atoms with Crippen LogP contribution in [0.25, 0.3) is 0 Å². The quantitative estimate of drug-likeness (QED) is 0.626. The van der Waals surface area contributed by atoms with Gasteiger partial charge in [0.2, 0.25) is 0 Å². The number of nitrogens with two attached hydrogens (primary N) is 1. The van der Waals surface area contributed by atoms with E-state index in [9.17, 15) is 14.5 Å². The van der Waals surface area contributed by atoms with Crippen molar-refractivity contribution < 1.29 is 18.8 Å². The molecule has 2 rings (SSSR count). The predicted molar refractivity (Wildman–Crippen MR) is 83.1 cm³/mol. The third-order valence-corrected chi connectivity index (χ3v) is 3.28. The van der Waals surface area contributed by atoms with Gasteiger partial charge in [0.1, 0.15) is 18.2 Å². The number of nitrogens with zero attached hydrogens (tertiary/aromatic N) is 1. The first kappa shape index (κ1) is 16.7. The summed E-state index contributed by atoms with van der Waals surface area (Å²) >= 11 is 0. The first-order chi connectivity index (χ1) is 11.0. The molecule has 0 atom stereocenters. The molecule has 0 saturated carbocycles. The Hall–Kier alpha value is -2.67. The van der Waals surface area contributed by atoms with Crippen LogP contribution in [0, 0.1) is 15.9 Å². The molecule has 0 radical (unpaired) electrons. The van der Waals surface area contributed by atoms with Crippen molar-refractivity contribution in [3.63, 3.8) is 0 Å². The van der Waals surface area contributed by atoms with E-state index in [4.69, 9.17) is 15.2 Å². The number of ether oxygens (including phenoxy) is 2. The van der Waals surface area contributed by atoms with Gasteiger partial charge in [0.05, 0.1) is 12.0 Å². The summed E-state index contributed by atoms with van der Waals surface area (Å²) < 4.78 is 24.0. The van der Waals surface area contributed by atoms with Gasteiger partial charge in [0.25, 0.3) is 0 Å².